The number of ether oxygens (including phenoxy) is 1. The fourth-order valence-corrected chi connectivity index (χ4v) is 2.04. The molecule has 4 heteroatoms. The Labute approximate surface area is 94.1 Å². The predicted octanol–water partition coefficient (Wildman–Crippen LogP) is 2.06. The highest BCUT2D eigenvalue weighted by atomic mass is 32.2. The standard InChI is InChI=1S/C11H17NO2S/c1-8(2)10-6-5-9(15(13)12-3)7-11(10)14-4/h5-8,12H,1-4H3. The Bertz CT molecular complexity index is 328. The summed E-state index contributed by atoms with van der Waals surface area (Å²) < 4.78 is 19.5. The highest BCUT2D eigenvalue weighted by Crippen LogP contribution is 2.28. The highest BCUT2D eigenvalue weighted by molar-refractivity contribution is 7.89. The minimum Gasteiger partial charge on any atom is -0.593 e. The first kappa shape index (κ1) is 12.4. The average molecular weight is 227 g/mol. The topological polar surface area (TPSA) is 44.3 Å². The largest absolute Gasteiger partial charge is 0.593 e. The van der Waals surface area contributed by atoms with E-state index < -0.39 is 11.4 Å². The van der Waals surface area contributed by atoms with Gasteiger partial charge in [0, 0.05) is 13.1 Å². The summed E-state index contributed by atoms with van der Waals surface area (Å²) in [7, 11) is 3.30. The molecule has 0 aliphatic heterocycles. The summed E-state index contributed by atoms with van der Waals surface area (Å²) in [5.74, 6) is 1.20. The third-order valence-corrected chi connectivity index (χ3v) is 3.28. The smallest absolute Gasteiger partial charge is 0.177 e. The molecule has 0 heterocycles. The monoisotopic (exact) mass is 227 g/mol. The Morgan fingerprint density at radius 1 is 1.40 bits per heavy atom. The molecule has 0 amide bonds. The molecule has 0 aromatic heterocycles. The van der Waals surface area contributed by atoms with Crippen molar-refractivity contribution in [2.75, 3.05) is 14.2 Å². The Morgan fingerprint density at radius 3 is 2.53 bits per heavy atom. The zero-order valence-corrected chi connectivity index (χ0v) is 10.4. The Hall–Kier alpha value is -0.710. The lowest BCUT2D eigenvalue weighted by molar-refractivity contribution is 0.406. The van der Waals surface area contributed by atoms with Crippen LogP contribution in [-0.4, -0.2) is 18.7 Å². The third kappa shape index (κ3) is 2.87. The highest BCUT2D eigenvalue weighted by Gasteiger charge is 2.14. The first-order valence-corrected chi connectivity index (χ1v) is 6.02. The van der Waals surface area contributed by atoms with Gasteiger partial charge >= 0.3 is 0 Å². The van der Waals surface area contributed by atoms with Crippen LogP contribution in [0.5, 0.6) is 5.75 Å². The summed E-state index contributed by atoms with van der Waals surface area (Å²) in [6.45, 7) is 4.21. The number of hydrogen-bond donors (Lipinski definition) is 1. The molecule has 0 radical (unpaired) electrons. The van der Waals surface area contributed by atoms with Crippen LogP contribution < -0.4 is 9.46 Å². The van der Waals surface area contributed by atoms with Gasteiger partial charge in [0.15, 0.2) is 4.90 Å². The molecule has 1 atom stereocenters. The number of hydrogen-bond acceptors (Lipinski definition) is 3. The fraction of sp³-hybridized carbons (Fsp3) is 0.455. The molecule has 84 valence electrons. The van der Waals surface area contributed by atoms with E-state index in [1.807, 2.05) is 18.2 Å². The summed E-state index contributed by atoms with van der Waals surface area (Å²) in [6.07, 6.45) is 0. The Balaban J connectivity index is 3.07. The van der Waals surface area contributed by atoms with Crippen molar-refractivity contribution < 1.29 is 9.29 Å². The van der Waals surface area contributed by atoms with E-state index in [9.17, 15) is 4.55 Å². The molecule has 0 fully saturated rings. The van der Waals surface area contributed by atoms with Crippen molar-refractivity contribution in [2.24, 2.45) is 0 Å². The summed E-state index contributed by atoms with van der Waals surface area (Å²) >= 11 is -1.15. The van der Waals surface area contributed by atoms with Crippen molar-refractivity contribution in [3.8, 4) is 5.75 Å². The van der Waals surface area contributed by atoms with E-state index in [1.165, 1.54) is 0 Å². The molecule has 0 saturated heterocycles. The lowest BCUT2D eigenvalue weighted by Crippen LogP contribution is -2.18. The van der Waals surface area contributed by atoms with Gasteiger partial charge in [-0.3, -0.25) is 0 Å². The second-order valence-electron chi connectivity index (χ2n) is 3.53. The Kier molecular flexibility index (Phi) is 4.45. The molecule has 1 unspecified atom stereocenters. The molecule has 0 saturated carbocycles. The van der Waals surface area contributed by atoms with Crippen LogP contribution in [0.3, 0.4) is 0 Å². The van der Waals surface area contributed by atoms with Crippen LogP contribution in [-0.2, 0) is 11.4 Å². The van der Waals surface area contributed by atoms with Crippen molar-refractivity contribution in [1.29, 1.82) is 0 Å². The van der Waals surface area contributed by atoms with E-state index in [-0.39, 0.29) is 0 Å². The van der Waals surface area contributed by atoms with Crippen LogP contribution in [0.4, 0.5) is 0 Å². The van der Waals surface area contributed by atoms with Crippen molar-refractivity contribution >= 4 is 11.4 Å². The van der Waals surface area contributed by atoms with Crippen molar-refractivity contribution in [3.05, 3.63) is 23.8 Å². The van der Waals surface area contributed by atoms with E-state index >= 15 is 0 Å². The van der Waals surface area contributed by atoms with Crippen LogP contribution in [0.15, 0.2) is 23.1 Å². The SMILES string of the molecule is CN[S+]([O-])c1ccc(C(C)C)c(OC)c1. The van der Waals surface area contributed by atoms with Gasteiger partial charge in [0.2, 0.25) is 0 Å². The lowest BCUT2D eigenvalue weighted by atomic mass is 10.0. The summed E-state index contributed by atoms with van der Waals surface area (Å²) in [6, 6.07) is 5.65. The molecule has 0 bridgehead atoms. The van der Waals surface area contributed by atoms with Crippen LogP contribution in [0, 0.1) is 0 Å². The summed E-state index contributed by atoms with van der Waals surface area (Å²) in [5.41, 5.74) is 1.13. The predicted molar refractivity (Wildman–Crippen MR) is 62.6 cm³/mol. The molecular formula is C11H17NO2S. The molecule has 0 aliphatic rings. The van der Waals surface area contributed by atoms with E-state index in [2.05, 4.69) is 18.6 Å². The molecule has 1 aromatic rings. The number of nitrogens with one attached hydrogen (secondary N) is 1. The fourth-order valence-electron chi connectivity index (χ4n) is 1.40. The van der Waals surface area contributed by atoms with Gasteiger partial charge < -0.3 is 9.29 Å². The van der Waals surface area contributed by atoms with Gasteiger partial charge in [0.1, 0.15) is 5.75 Å². The third-order valence-electron chi connectivity index (χ3n) is 2.23. The summed E-state index contributed by atoms with van der Waals surface area (Å²) in [4.78, 5) is 0.735. The van der Waals surface area contributed by atoms with E-state index in [4.69, 9.17) is 4.74 Å². The van der Waals surface area contributed by atoms with Gasteiger partial charge in [-0.15, -0.1) is 4.72 Å². The van der Waals surface area contributed by atoms with Gasteiger partial charge in [-0.25, -0.2) is 0 Å². The van der Waals surface area contributed by atoms with Gasteiger partial charge in [-0.1, -0.05) is 19.9 Å². The molecule has 0 spiro atoms. The lowest BCUT2D eigenvalue weighted by Gasteiger charge is -2.14. The second kappa shape index (κ2) is 5.39. The van der Waals surface area contributed by atoms with Gasteiger partial charge in [-0.2, -0.15) is 0 Å². The number of benzene rings is 1. The van der Waals surface area contributed by atoms with Gasteiger partial charge in [0.25, 0.3) is 0 Å². The first-order chi connectivity index (χ1) is 7.10. The Morgan fingerprint density at radius 2 is 2.07 bits per heavy atom. The average Bonchev–Trinajstić information content (AvgIpc) is 2.26. The van der Waals surface area contributed by atoms with E-state index in [0.717, 1.165) is 16.2 Å². The molecule has 15 heavy (non-hydrogen) atoms. The maximum atomic E-state index is 11.5. The normalized spacial score (nSPS) is 12.9. The van der Waals surface area contributed by atoms with Crippen molar-refractivity contribution in [2.45, 2.75) is 24.7 Å². The zero-order chi connectivity index (χ0) is 11.4. The molecule has 0 aliphatic carbocycles. The molecule has 1 rings (SSSR count). The van der Waals surface area contributed by atoms with Gasteiger partial charge in [-0.05, 0) is 17.5 Å². The molecular weight excluding hydrogens is 210 g/mol. The maximum Gasteiger partial charge on any atom is 0.177 e. The van der Waals surface area contributed by atoms with E-state index in [0.29, 0.717) is 5.92 Å². The minimum atomic E-state index is -1.15. The van der Waals surface area contributed by atoms with Crippen molar-refractivity contribution in [3.63, 3.8) is 0 Å². The minimum absolute atomic E-state index is 0.400. The molecule has 1 N–H and O–H groups in total. The van der Waals surface area contributed by atoms with Crippen molar-refractivity contribution in [1.82, 2.24) is 4.72 Å². The second-order valence-corrected chi connectivity index (χ2v) is 4.95. The van der Waals surface area contributed by atoms with E-state index in [1.54, 1.807) is 14.2 Å². The number of methoxy groups -OCH3 is 1. The maximum absolute atomic E-state index is 11.5. The quantitative estimate of drug-likeness (QED) is 0.801. The van der Waals surface area contributed by atoms with Crippen LogP contribution in [0.1, 0.15) is 25.3 Å². The first-order valence-electron chi connectivity index (χ1n) is 4.87. The van der Waals surface area contributed by atoms with Crippen LogP contribution >= 0.6 is 0 Å². The molecule has 3 nitrogen and oxygen atoms in total. The zero-order valence-electron chi connectivity index (χ0n) is 9.53. The van der Waals surface area contributed by atoms with Crippen LogP contribution in [0.2, 0.25) is 0 Å². The van der Waals surface area contributed by atoms with Gasteiger partial charge in [0.05, 0.1) is 18.5 Å². The molecule has 1 aromatic carbocycles. The summed E-state index contributed by atoms with van der Waals surface area (Å²) in [5, 5.41) is 0. The number of rotatable bonds is 4. The van der Waals surface area contributed by atoms with Crippen LogP contribution in [0.25, 0.3) is 0 Å².